The Hall–Kier alpha value is -2.48. The highest BCUT2D eigenvalue weighted by Crippen LogP contribution is 2.13. The van der Waals surface area contributed by atoms with Gasteiger partial charge in [0.2, 0.25) is 5.95 Å². The first-order valence-corrected chi connectivity index (χ1v) is 8.14. The first kappa shape index (κ1) is 16.4. The number of rotatable bonds is 4. The average Bonchev–Trinajstić information content (AvgIpc) is 2.91. The van der Waals surface area contributed by atoms with Gasteiger partial charge in [-0.25, -0.2) is 14.8 Å². The molecule has 1 aromatic heterocycles. The number of aromatic nitrogens is 2. The predicted molar refractivity (Wildman–Crippen MR) is 90.5 cm³/mol. The third-order valence-electron chi connectivity index (χ3n) is 4.26. The van der Waals surface area contributed by atoms with Crippen molar-refractivity contribution in [2.75, 3.05) is 31.1 Å². The molecule has 3 amide bonds. The lowest BCUT2D eigenvalue weighted by Gasteiger charge is -2.36. The van der Waals surface area contributed by atoms with Gasteiger partial charge in [-0.2, -0.15) is 0 Å². The summed E-state index contributed by atoms with van der Waals surface area (Å²) in [5.41, 5.74) is 0.709. The van der Waals surface area contributed by atoms with Crippen molar-refractivity contribution in [3.8, 4) is 0 Å². The Morgan fingerprint density at radius 2 is 2.00 bits per heavy atom. The number of nitrogens with one attached hydrogen (secondary N) is 2. The van der Waals surface area contributed by atoms with Crippen LogP contribution < -0.4 is 15.5 Å². The van der Waals surface area contributed by atoms with Gasteiger partial charge >= 0.3 is 6.03 Å². The lowest BCUT2D eigenvalue weighted by atomic mass is 10.2. The van der Waals surface area contributed by atoms with Crippen molar-refractivity contribution in [3.63, 3.8) is 0 Å². The number of amides is 3. The highest BCUT2D eigenvalue weighted by atomic mass is 16.2. The molecule has 2 saturated heterocycles. The lowest BCUT2D eigenvalue weighted by Crippen LogP contribution is -2.49. The summed E-state index contributed by atoms with van der Waals surface area (Å²) in [6.45, 7) is 8.19. The van der Waals surface area contributed by atoms with Gasteiger partial charge in [-0.1, -0.05) is 6.08 Å². The summed E-state index contributed by atoms with van der Waals surface area (Å²) in [5.74, 6) is 0.343. The van der Waals surface area contributed by atoms with Gasteiger partial charge < -0.3 is 10.2 Å². The third-order valence-corrected chi connectivity index (χ3v) is 4.26. The van der Waals surface area contributed by atoms with E-state index in [0.717, 1.165) is 26.2 Å². The molecule has 2 N–H and O–H groups in total. The first-order valence-electron chi connectivity index (χ1n) is 8.14. The van der Waals surface area contributed by atoms with Crippen molar-refractivity contribution in [2.24, 2.45) is 0 Å². The maximum Gasteiger partial charge on any atom is 0.322 e. The fraction of sp³-hybridized carbons (Fsp3) is 0.500. The summed E-state index contributed by atoms with van der Waals surface area (Å²) in [6, 6.07) is 1.21. The SMILES string of the molecule is CC(C)N1CCN(c2nccc(/C=C\C3NC(=O)NC3=O)n2)CC1. The zero-order chi connectivity index (χ0) is 17.1. The normalized spacial score (nSPS) is 22.3. The standard InChI is InChI=1S/C16H22N6O2/c1-11(2)21-7-9-22(10-8-21)15-17-6-5-12(18-15)3-4-13-14(23)20-16(24)19-13/h3-6,11,13H,7-10H2,1-2H3,(H2,19,20,23,24)/b4-3-. The Morgan fingerprint density at radius 3 is 2.62 bits per heavy atom. The zero-order valence-electron chi connectivity index (χ0n) is 13.9. The van der Waals surface area contributed by atoms with E-state index < -0.39 is 12.1 Å². The largest absolute Gasteiger partial charge is 0.338 e. The van der Waals surface area contributed by atoms with Gasteiger partial charge in [0.1, 0.15) is 6.04 Å². The van der Waals surface area contributed by atoms with Crippen LogP contribution in [0, 0.1) is 0 Å². The molecular weight excluding hydrogens is 308 g/mol. The Labute approximate surface area is 140 Å². The van der Waals surface area contributed by atoms with Crippen LogP contribution in [-0.2, 0) is 4.79 Å². The predicted octanol–water partition coefficient (Wildman–Crippen LogP) is 0.228. The minimum absolute atomic E-state index is 0.352. The molecule has 8 heteroatoms. The molecule has 1 atom stereocenters. The topological polar surface area (TPSA) is 90.5 Å². The van der Waals surface area contributed by atoms with Crippen LogP contribution in [-0.4, -0.2) is 65.1 Å². The van der Waals surface area contributed by atoms with E-state index in [2.05, 4.69) is 44.2 Å². The molecule has 0 aliphatic carbocycles. The molecular formula is C16H22N6O2. The van der Waals surface area contributed by atoms with Gasteiger partial charge in [0, 0.05) is 38.4 Å². The number of piperazine rings is 1. The van der Waals surface area contributed by atoms with E-state index >= 15 is 0 Å². The quantitative estimate of drug-likeness (QED) is 0.768. The fourth-order valence-electron chi connectivity index (χ4n) is 2.81. The van der Waals surface area contributed by atoms with Crippen molar-refractivity contribution in [2.45, 2.75) is 25.9 Å². The third kappa shape index (κ3) is 3.70. The van der Waals surface area contributed by atoms with Gasteiger partial charge in [-0.15, -0.1) is 0 Å². The van der Waals surface area contributed by atoms with E-state index in [1.54, 1.807) is 24.4 Å². The number of imide groups is 1. The van der Waals surface area contributed by atoms with Crippen LogP contribution in [0.4, 0.5) is 10.7 Å². The number of anilines is 1. The van der Waals surface area contributed by atoms with E-state index in [4.69, 9.17) is 0 Å². The average molecular weight is 330 g/mol. The van der Waals surface area contributed by atoms with Crippen LogP contribution in [0.5, 0.6) is 0 Å². The summed E-state index contributed by atoms with van der Waals surface area (Å²) >= 11 is 0. The maximum absolute atomic E-state index is 11.5. The first-order chi connectivity index (χ1) is 11.5. The van der Waals surface area contributed by atoms with Crippen molar-refractivity contribution in [1.29, 1.82) is 0 Å². The van der Waals surface area contributed by atoms with E-state index in [0.29, 0.717) is 17.7 Å². The van der Waals surface area contributed by atoms with Crippen LogP contribution in [0.25, 0.3) is 6.08 Å². The Balaban J connectivity index is 1.64. The number of hydrogen-bond donors (Lipinski definition) is 2. The fourth-order valence-corrected chi connectivity index (χ4v) is 2.81. The lowest BCUT2D eigenvalue weighted by molar-refractivity contribution is -0.119. The van der Waals surface area contributed by atoms with Gasteiger partial charge in [0.05, 0.1) is 5.69 Å². The number of hydrogen-bond acceptors (Lipinski definition) is 6. The van der Waals surface area contributed by atoms with E-state index in [-0.39, 0.29) is 5.91 Å². The van der Waals surface area contributed by atoms with Crippen LogP contribution in [0.1, 0.15) is 19.5 Å². The maximum atomic E-state index is 11.5. The highest BCUT2D eigenvalue weighted by Gasteiger charge is 2.27. The molecule has 2 fully saturated rings. The Kier molecular flexibility index (Phi) is 4.75. The van der Waals surface area contributed by atoms with Crippen LogP contribution in [0.2, 0.25) is 0 Å². The molecule has 2 aliphatic rings. The molecule has 0 radical (unpaired) electrons. The molecule has 3 rings (SSSR count). The van der Waals surface area contributed by atoms with Gasteiger partial charge in [-0.3, -0.25) is 15.0 Å². The Morgan fingerprint density at radius 1 is 1.25 bits per heavy atom. The number of urea groups is 1. The number of carbonyl (C=O) groups is 2. The monoisotopic (exact) mass is 330 g/mol. The summed E-state index contributed by atoms with van der Waals surface area (Å²) in [7, 11) is 0. The van der Waals surface area contributed by atoms with E-state index in [1.165, 1.54) is 0 Å². The second kappa shape index (κ2) is 6.96. The number of nitrogens with zero attached hydrogens (tertiary/aromatic N) is 4. The van der Waals surface area contributed by atoms with Gasteiger partial charge in [0.15, 0.2) is 0 Å². The minimum Gasteiger partial charge on any atom is -0.338 e. The van der Waals surface area contributed by atoms with Crippen LogP contribution in [0.15, 0.2) is 18.3 Å². The molecule has 0 spiro atoms. The molecule has 2 aliphatic heterocycles. The van der Waals surface area contributed by atoms with Crippen molar-refractivity contribution in [3.05, 3.63) is 24.0 Å². The number of carbonyl (C=O) groups excluding carboxylic acids is 2. The van der Waals surface area contributed by atoms with Gasteiger partial charge in [-0.05, 0) is 26.0 Å². The van der Waals surface area contributed by atoms with Gasteiger partial charge in [0.25, 0.3) is 5.91 Å². The molecule has 24 heavy (non-hydrogen) atoms. The summed E-state index contributed by atoms with van der Waals surface area (Å²) < 4.78 is 0. The molecule has 0 aromatic carbocycles. The highest BCUT2D eigenvalue weighted by molar-refractivity contribution is 6.05. The molecule has 8 nitrogen and oxygen atoms in total. The minimum atomic E-state index is -0.648. The smallest absolute Gasteiger partial charge is 0.322 e. The summed E-state index contributed by atoms with van der Waals surface area (Å²) in [4.78, 5) is 36.1. The summed E-state index contributed by atoms with van der Waals surface area (Å²) in [6.07, 6.45) is 5.07. The molecule has 0 saturated carbocycles. The van der Waals surface area contributed by atoms with E-state index in [1.807, 2.05) is 0 Å². The molecule has 3 heterocycles. The van der Waals surface area contributed by atoms with Crippen LogP contribution in [0.3, 0.4) is 0 Å². The Bertz CT molecular complexity index is 652. The van der Waals surface area contributed by atoms with Crippen molar-refractivity contribution < 1.29 is 9.59 Å². The molecule has 0 bridgehead atoms. The molecule has 1 unspecified atom stereocenters. The zero-order valence-corrected chi connectivity index (χ0v) is 13.9. The molecule has 1 aromatic rings. The second-order valence-corrected chi connectivity index (χ2v) is 6.20. The summed E-state index contributed by atoms with van der Waals surface area (Å²) in [5, 5.41) is 4.72. The van der Waals surface area contributed by atoms with Crippen LogP contribution >= 0.6 is 0 Å². The van der Waals surface area contributed by atoms with E-state index in [9.17, 15) is 9.59 Å². The van der Waals surface area contributed by atoms with Crippen molar-refractivity contribution in [1.82, 2.24) is 25.5 Å². The van der Waals surface area contributed by atoms with Crippen molar-refractivity contribution >= 4 is 24.0 Å². The second-order valence-electron chi connectivity index (χ2n) is 6.20. The molecule has 128 valence electrons.